The minimum atomic E-state index is -0.791. The third kappa shape index (κ3) is 1.46. The highest BCUT2D eigenvalue weighted by Gasteiger charge is 2.09. The maximum atomic E-state index is 13.1. The maximum absolute atomic E-state index is 13.1. The first-order valence-electron chi connectivity index (χ1n) is 3.87. The van der Waals surface area contributed by atoms with Crippen LogP contribution in [0.1, 0.15) is 5.69 Å². The van der Waals surface area contributed by atoms with Gasteiger partial charge in [0, 0.05) is 6.07 Å². The summed E-state index contributed by atoms with van der Waals surface area (Å²) in [6.45, 7) is 1.71. The second kappa shape index (κ2) is 3.13. The van der Waals surface area contributed by atoms with Crippen molar-refractivity contribution in [2.24, 2.45) is 0 Å². The highest BCUT2D eigenvalue weighted by atomic mass is 19.1. The molecule has 0 atom stereocenters. The lowest BCUT2D eigenvalue weighted by Crippen LogP contribution is -2.05. The molecule has 0 fully saturated rings. The molecule has 0 N–H and O–H groups in total. The predicted octanol–water partition coefficient (Wildman–Crippen LogP) is 1.25. The SMILES string of the molecule is Cc1cnn(-c2ncc(F)cc2F)n1. The highest BCUT2D eigenvalue weighted by Crippen LogP contribution is 2.08. The van der Waals surface area contributed by atoms with Gasteiger partial charge >= 0.3 is 0 Å². The zero-order chi connectivity index (χ0) is 10.1. The molecule has 0 saturated carbocycles. The first kappa shape index (κ1) is 8.74. The fourth-order valence-corrected chi connectivity index (χ4v) is 0.996. The molecule has 0 aliphatic heterocycles. The second-order valence-corrected chi connectivity index (χ2v) is 2.73. The number of aromatic nitrogens is 4. The summed E-state index contributed by atoms with van der Waals surface area (Å²) in [5.74, 6) is -1.63. The fourth-order valence-electron chi connectivity index (χ4n) is 0.996. The number of nitrogens with zero attached hydrogens (tertiary/aromatic N) is 4. The quantitative estimate of drug-likeness (QED) is 0.689. The molecule has 2 aromatic rings. The number of aryl methyl sites for hydroxylation is 1. The molecule has 2 heterocycles. The molecule has 0 unspecified atom stereocenters. The Hall–Kier alpha value is -1.85. The van der Waals surface area contributed by atoms with E-state index in [0.29, 0.717) is 5.69 Å². The number of halogens is 2. The molecule has 2 rings (SSSR count). The van der Waals surface area contributed by atoms with Crippen molar-refractivity contribution in [2.45, 2.75) is 6.92 Å². The van der Waals surface area contributed by atoms with Crippen LogP contribution in [0.4, 0.5) is 8.78 Å². The van der Waals surface area contributed by atoms with Gasteiger partial charge in [0.05, 0.1) is 18.1 Å². The van der Waals surface area contributed by atoms with Crippen molar-refractivity contribution in [2.75, 3.05) is 0 Å². The Morgan fingerprint density at radius 2 is 2.07 bits per heavy atom. The zero-order valence-electron chi connectivity index (χ0n) is 7.28. The number of rotatable bonds is 1. The Labute approximate surface area is 78.2 Å². The zero-order valence-corrected chi connectivity index (χ0v) is 7.28. The molecular weight excluding hydrogens is 190 g/mol. The van der Waals surface area contributed by atoms with Gasteiger partial charge < -0.3 is 0 Å². The van der Waals surface area contributed by atoms with Crippen molar-refractivity contribution >= 4 is 0 Å². The van der Waals surface area contributed by atoms with Crippen LogP contribution in [0.3, 0.4) is 0 Å². The highest BCUT2D eigenvalue weighted by molar-refractivity contribution is 5.21. The Kier molecular flexibility index (Phi) is 1.95. The second-order valence-electron chi connectivity index (χ2n) is 2.73. The molecule has 6 heteroatoms. The van der Waals surface area contributed by atoms with E-state index < -0.39 is 11.6 Å². The van der Waals surface area contributed by atoms with Crippen LogP contribution in [0.2, 0.25) is 0 Å². The van der Waals surface area contributed by atoms with Crippen LogP contribution >= 0.6 is 0 Å². The van der Waals surface area contributed by atoms with Crippen LogP contribution in [-0.4, -0.2) is 20.0 Å². The summed E-state index contributed by atoms with van der Waals surface area (Å²) in [5.41, 5.74) is 0.635. The lowest BCUT2D eigenvalue weighted by molar-refractivity contribution is 0.550. The third-order valence-corrected chi connectivity index (χ3v) is 1.58. The standard InChI is InChI=1S/C8H6F2N4/c1-5-3-12-14(13-5)8-7(10)2-6(9)4-11-8/h2-4H,1H3. The normalized spacial score (nSPS) is 10.5. The molecule has 0 saturated heterocycles. The average Bonchev–Trinajstić information content (AvgIpc) is 2.51. The van der Waals surface area contributed by atoms with Crippen molar-refractivity contribution < 1.29 is 8.78 Å². The summed E-state index contributed by atoms with van der Waals surface area (Å²) in [7, 11) is 0. The van der Waals surface area contributed by atoms with E-state index in [9.17, 15) is 8.78 Å². The number of hydrogen-bond donors (Lipinski definition) is 0. The summed E-state index contributed by atoms with van der Waals surface area (Å²) in [6, 6.07) is 0.737. The van der Waals surface area contributed by atoms with Gasteiger partial charge in [0.15, 0.2) is 5.82 Å². The van der Waals surface area contributed by atoms with Crippen molar-refractivity contribution in [1.82, 2.24) is 20.0 Å². The monoisotopic (exact) mass is 196 g/mol. The van der Waals surface area contributed by atoms with Gasteiger partial charge in [-0.25, -0.2) is 13.8 Å². The summed E-state index contributed by atoms with van der Waals surface area (Å²) in [4.78, 5) is 4.57. The summed E-state index contributed by atoms with van der Waals surface area (Å²) in [6.07, 6.45) is 2.38. The van der Waals surface area contributed by atoms with Crippen LogP contribution < -0.4 is 0 Å². The molecule has 0 aliphatic rings. The van der Waals surface area contributed by atoms with E-state index in [1.165, 1.54) is 6.20 Å². The van der Waals surface area contributed by atoms with E-state index in [1.807, 2.05) is 0 Å². The van der Waals surface area contributed by atoms with Crippen LogP contribution in [0.25, 0.3) is 5.82 Å². The summed E-state index contributed by atoms with van der Waals surface area (Å²) in [5, 5.41) is 7.61. The molecule has 2 aromatic heterocycles. The molecule has 4 nitrogen and oxygen atoms in total. The van der Waals surface area contributed by atoms with Gasteiger partial charge in [-0.15, -0.1) is 4.80 Å². The first-order valence-corrected chi connectivity index (χ1v) is 3.87. The maximum Gasteiger partial charge on any atom is 0.210 e. The van der Waals surface area contributed by atoms with Crippen LogP contribution in [0.5, 0.6) is 0 Å². The summed E-state index contributed by atoms with van der Waals surface area (Å²) >= 11 is 0. The molecule has 72 valence electrons. The van der Waals surface area contributed by atoms with Gasteiger partial charge in [-0.1, -0.05) is 0 Å². The first-order chi connectivity index (χ1) is 6.66. The minimum Gasteiger partial charge on any atom is -0.230 e. The molecule has 0 bridgehead atoms. The summed E-state index contributed by atoms with van der Waals surface area (Å²) < 4.78 is 25.7. The Morgan fingerprint density at radius 3 is 2.64 bits per heavy atom. The number of hydrogen-bond acceptors (Lipinski definition) is 3. The average molecular weight is 196 g/mol. The predicted molar refractivity (Wildman–Crippen MR) is 43.8 cm³/mol. The van der Waals surface area contributed by atoms with Crippen LogP contribution in [-0.2, 0) is 0 Å². The van der Waals surface area contributed by atoms with E-state index in [4.69, 9.17) is 0 Å². The van der Waals surface area contributed by atoms with Gasteiger partial charge in [0.25, 0.3) is 0 Å². The van der Waals surface area contributed by atoms with E-state index in [1.54, 1.807) is 6.92 Å². The molecule has 14 heavy (non-hydrogen) atoms. The molecule has 0 aromatic carbocycles. The van der Waals surface area contributed by atoms with Gasteiger partial charge in [0.2, 0.25) is 5.82 Å². The van der Waals surface area contributed by atoms with Gasteiger partial charge in [-0.05, 0) is 6.92 Å². The van der Waals surface area contributed by atoms with Crippen molar-refractivity contribution in [3.05, 3.63) is 35.8 Å². The van der Waals surface area contributed by atoms with Gasteiger partial charge in [-0.3, -0.25) is 0 Å². The van der Waals surface area contributed by atoms with Crippen LogP contribution in [0.15, 0.2) is 18.5 Å². The van der Waals surface area contributed by atoms with E-state index in [2.05, 4.69) is 15.2 Å². The lowest BCUT2D eigenvalue weighted by atomic mass is 10.4. The minimum absolute atomic E-state index is 0.112. The molecular formula is C8H6F2N4. The van der Waals surface area contributed by atoms with Crippen molar-refractivity contribution in [3.8, 4) is 5.82 Å². The molecule has 0 spiro atoms. The molecule has 0 radical (unpaired) electrons. The fraction of sp³-hybridized carbons (Fsp3) is 0.125. The van der Waals surface area contributed by atoms with Crippen molar-refractivity contribution in [3.63, 3.8) is 0 Å². The van der Waals surface area contributed by atoms with Crippen LogP contribution in [0, 0.1) is 18.6 Å². The topological polar surface area (TPSA) is 43.6 Å². The number of pyridine rings is 1. The Bertz CT molecular complexity index is 466. The Balaban J connectivity index is 2.52. The molecule has 0 amide bonds. The van der Waals surface area contributed by atoms with Crippen molar-refractivity contribution in [1.29, 1.82) is 0 Å². The van der Waals surface area contributed by atoms with E-state index in [-0.39, 0.29) is 5.82 Å². The van der Waals surface area contributed by atoms with E-state index in [0.717, 1.165) is 17.1 Å². The third-order valence-electron chi connectivity index (χ3n) is 1.58. The Morgan fingerprint density at radius 1 is 1.29 bits per heavy atom. The largest absolute Gasteiger partial charge is 0.230 e. The lowest BCUT2D eigenvalue weighted by Gasteiger charge is -1.99. The van der Waals surface area contributed by atoms with Gasteiger partial charge in [-0.2, -0.15) is 10.2 Å². The van der Waals surface area contributed by atoms with Gasteiger partial charge in [0.1, 0.15) is 5.82 Å². The smallest absolute Gasteiger partial charge is 0.210 e. The van der Waals surface area contributed by atoms with E-state index >= 15 is 0 Å². The molecule has 0 aliphatic carbocycles.